The van der Waals surface area contributed by atoms with E-state index < -0.39 is 0 Å². The average molecular weight is 97.1 g/mol. The quantitative estimate of drug-likeness (QED) is 0.351. The van der Waals surface area contributed by atoms with Gasteiger partial charge in [0, 0.05) is 0 Å². The van der Waals surface area contributed by atoms with Gasteiger partial charge in [-0.2, -0.15) is 0 Å². The Bertz CT molecular complexity index is 106. The summed E-state index contributed by atoms with van der Waals surface area (Å²) in [4.78, 5) is 0. The van der Waals surface area contributed by atoms with Crippen molar-refractivity contribution < 1.29 is 4.70 Å². The van der Waals surface area contributed by atoms with Crippen LogP contribution >= 0.6 is 0 Å². The van der Waals surface area contributed by atoms with Crippen LogP contribution in [0.25, 0.3) is 0 Å². The molecule has 0 N–H and O–H groups in total. The third kappa shape index (κ3) is 1.35. The van der Waals surface area contributed by atoms with Crippen molar-refractivity contribution in [1.82, 2.24) is 0 Å². The molecule has 1 aliphatic rings. The Balaban J connectivity index is 0.000000360. The molecule has 0 unspecified atom stereocenters. The van der Waals surface area contributed by atoms with Crippen LogP contribution < -0.4 is 4.70 Å². The maximum Gasteiger partial charge on any atom is -0.0329 e. The van der Waals surface area contributed by atoms with Crippen LogP contribution in [0.2, 0.25) is 0 Å². The van der Waals surface area contributed by atoms with Crippen molar-refractivity contribution in [3.63, 3.8) is 0 Å². The van der Waals surface area contributed by atoms with Gasteiger partial charge in [0.1, 0.15) is 0 Å². The first-order valence-corrected chi connectivity index (χ1v) is 1.93. The highest BCUT2D eigenvalue weighted by Crippen LogP contribution is 2.01. The van der Waals surface area contributed by atoms with Gasteiger partial charge in [0.15, 0.2) is 0 Å². The molecule has 1 rings (SSSR count). The minimum Gasteiger partial charge on any atom is -1.00 e. The maximum absolute atomic E-state index is 3.68. The number of rotatable bonds is 0. The smallest absolute Gasteiger partial charge is 0.0329 e. The molecule has 0 bridgehead atoms. The van der Waals surface area contributed by atoms with Crippen LogP contribution in [-0.2, 0) is 0 Å². The molecule has 7 heavy (non-hydrogen) atoms. The minimum atomic E-state index is 0. The van der Waals surface area contributed by atoms with E-state index in [9.17, 15) is 0 Å². The van der Waals surface area contributed by atoms with Crippen LogP contribution in [0.4, 0.5) is 0 Å². The molecule has 38 valence electrons. The fraction of sp³-hybridized carbons (Fsp3) is 0. The molecule has 0 radical (unpaired) electrons. The van der Waals surface area contributed by atoms with Gasteiger partial charge in [0.25, 0.3) is 0 Å². The van der Waals surface area contributed by atoms with E-state index in [2.05, 4.69) is 6.58 Å². The van der Waals surface area contributed by atoms with Gasteiger partial charge in [-0.25, -0.2) is 0 Å². The third-order valence-electron chi connectivity index (χ3n) is 0.732. The molecule has 0 saturated carbocycles. The van der Waals surface area contributed by atoms with E-state index in [0.29, 0.717) is 0 Å². The van der Waals surface area contributed by atoms with Gasteiger partial charge in [-0.15, -0.1) is 0 Å². The second-order valence-electron chi connectivity index (χ2n) is 1.29. The van der Waals surface area contributed by atoms with Crippen LogP contribution in [0, 0.1) is 0 Å². The fourth-order valence-corrected chi connectivity index (χ4v) is 0.414. The predicted molar refractivity (Wildman–Crippen MR) is 27.4 cm³/mol. The van der Waals surface area contributed by atoms with Gasteiger partial charge in [0.05, 0.1) is 0 Å². The molecular weight excluding hydrogens is 91.1 g/mol. The Labute approximate surface area is 42.2 Å². The summed E-state index contributed by atoms with van der Waals surface area (Å²) in [6.07, 6.45) is 7.89. The van der Waals surface area contributed by atoms with Gasteiger partial charge in [-0.3, -0.25) is 0 Å². The van der Waals surface area contributed by atoms with Gasteiger partial charge < -0.3 is 4.70 Å². The lowest BCUT2D eigenvalue weighted by atomic mass is 10.4. The monoisotopic (exact) mass is 97.0 g/mol. The van der Waals surface area contributed by atoms with Gasteiger partial charge in [-0.05, 0) is 5.57 Å². The van der Waals surface area contributed by atoms with Crippen molar-refractivity contribution in [2.24, 2.45) is 0 Å². The normalized spacial score (nSPS) is 14.6. The number of allylic oxidation sites excluding steroid dienone is 5. The van der Waals surface area contributed by atoms with Crippen molar-refractivity contribution >= 4 is 0 Å². The largest absolute Gasteiger partial charge is 1.00 e. The minimum absolute atomic E-state index is 0. The summed E-state index contributed by atoms with van der Waals surface area (Å²) in [5, 5.41) is 0. The molecule has 0 saturated heterocycles. The van der Waals surface area contributed by atoms with E-state index in [-0.39, 0.29) is 4.70 Å². The molecular formula is C6H6F-. The van der Waals surface area contributed by atoms with Crippen molar-refractivity contribution in [2.75, 3.05) is 0 Å². The topological polar surface area (TPSA) is 0 Å². The van der Waals surface area contributed by atoms with E-state index in [1.165, 1.54) is 0 Å². The van der Waals surface area contributed by atoms with Crippen LogP contribution in [0.5, 0.6) is 0 Å². The average Bonchev–Trinajstić information content (AvgIpc) is 1.86. The molecule has 0 nitrogen and oxygen atoms in total. The van der Waals surface area contributed by atoms with Gasteiger partial charge in [-0.1, -0.05) is 30.9 Å². The molecule has 0 aromatic rings. The SMILES string of the molecule is C=C1C=CC=C1.[F-]. The summed E-state index contributed by atoms with van der Waals surface area (Å²) in [5.74, 6) is 0. The lowest BCUT2D eigenvalue weighted by molar-refractivity contribution is -0.00000118. The summed E-state index contributed by atoms with van der Waals surface area (Å²) in [6.45, 7) is 3.68. The number of hydrogen-bond donors (Lipinski definition) is 0. The highest BCUT2D eigenvalue weighted by atomic mass is 19.0. The summed E-state index contributed by atoms with van der Waals surface area (Å²) >= 11 is 0. The Hall–Kier alpha value is -0.850. The molecule has 0 fully saturated rings. The number of halogens is 1. The van der Waals surface area contributed by atoms with Crippen LogP contribution in [0.3, 0.4) is 0 Å². The summed E-state index contributed by atoms with van der Waals surface area (Å²) < 4.78 is 0. The summed E-state index contributed by atoms with van der Waals surface area (Å²) in [7, 11) is 0. The molecule has 0 aromatic heterocycles. The first-order valence-electron chi connectivity index (χ1n) is 1.93. The fourth-order valence-electron chi connectivity index (χ4n) is 0.414. The van der Waals surface area contributed by atoms with Crippen molar-refractivity contribution in [3.05, 3.63) is 36.5 Å². The Morgan fingerprint density at radius 2 is 1.57 bits per heavy atom. The van der Waals surface area contributed by atoms with Gasteiger partial charge in [0.2, 0.25) is 0 Å². The summed E-state index contributed by atoms with van der Waals surface area (Å²) in [5.41, 5.74) is 1.09. The molecule has 0 amide bonds. The lowest BCUT2D eigenvalue weighted by Gasteiger charge is -1.71. The Kier molecular flexibility index (Phi) is 2.06. The Morgan fingerprint density at radius 3 is 1.71 bits per heavy atom. The second-order valence-corrected chi connectivity index (χ2v) is 1.29. The number of hydrogen-bond acceptors (Lipinski definition) is 0. The molecule has 1 heteroatoms. The van der Waals surface area contributed by atoms with E-state index in [4.69, 9.17) is 0 Å². The predicted octanol–water partition coefficient (Wildman–Crippen LogP) is -1.33. The zero-order chi connectivity index (χ0) is 4.41. The first-order chi connectivity index (χ1) is 2.89. The zero-order valence-corrected chi connectivity index (χ0v) is 3.89. The van der Waals surface area contributed by atoms with Crippen molar-refractivity contribution in [3.8, 4) is 0 Å². The van der Waals surface area contributed by atoms with E-state index >= 15 is 0 Å². The van der Waals surface area contributed by atoms with E-state index in [0.717, 1.165) is 5.57 Å². The third-order valence-corrected chi connectivity index (χ3v) is 0.732. The second kappa shape index (κ2) is 2.35. The highest BCUT2D eigenvalue weighted by molar-refractivity contribution is 5.37. The lowest BCUT2D eigenvalue weighted by Crippen LogP contribution is -3.00. The molecule has 0 atom stereocenters. The van der Waals surface area contributed by atoms with Crippen LogP contribution in [0.15, 0.2) is 36.5 Å². The molecule has 0 heterocycles. The molecule has 0 aromatic carbocycles. The first kappa shape index (κ1) is 6.15. The van der Waals surface area contributed by atoms with Crippen molar-refractivity contribution in [1.29, 1.82) is 0 Å². The molecule has 0 spiro atoms. The summed E-state index contributed by atoms with van der Waals surface area (Å²) in [6, 6.07) is 0. The van der Waals surface area contributed by atoms with Crippen LogP contribution in [0.1, 0.15) is 0 Å². The molecule has 0 aliphatic heterocycles. The van der Waals surface area contributed by atoms with Crippen LogP contribution in [-0.4, -0.2) is 0 Å². The standard InChI is InChI=1S/C6H6.FH/c1-6-4-2-3-5-6;/h2-5H,1H2;1H/p-1. The zero-order valence-electron chi connectivity index (χ0n) is 3.89. The van der Waals surface area contributed by atoms with Gasteiger partial charge >= 0.3 is 0 Å². The molecule has 1 aliphatic carbocycles. The maximum atomic E-state index is 3.68. The highest BCUT2D eigenvalue weighted by Gasteiger charge is 1.80. The van der Waals surface area contributed by atoms with E-state index in [1.54, 1.807) is 0 Å². The van der Waals surface area contributed by atoms with E-state index in [1.807, 2.05) is 24.3 Å². The Morgan fingerprint density at radius 1 is 1.14 bits per heavy atom. The van der Waals surface area contributed by atoms with Crippen molar-refractivity contribution in [2.45, 2.75) is 0 Å².